The maximum Gasteiger partial charge on any atom is 0.335 e. The van der Waals surface area contributed by atoms with Crippen LogP contribution in [0.25, 0.3) is 6.08 Å². The summed E-state index contributed by atoms with van der Waals surface area (Å²) < 4.78 is 5.33. The minimum atomic E-state index is -0.813. The Morgan fingerprint density at radius 2 is 1.90 bits per heavy atom. The zero-order valence-corrected chi connectivity index (χ0v) is 16.6. The van der Waals surface area contributed by atoms with Gasteiger partial charge in [0.25, 0.3) is 11.8 Å². The standard InChI is InChI=1S/C21H19ClN2O5/c1-3-13-7-5-6-8-16(13)24-20(27)14(19(26)23-21(24)28)9-12-10-15(22)18(25)17(11-12)29-4-2/h5-11,25H,3-4H2,1-2H3,(H,23,26,28). The Kier molecular flexibility index (Phi) is 5.89. The zero-order valence-electron chi connectivity index (χ0n) is 15.9. The Labute approximate surface area is 172 Å². The number of phenolic OH excluding ortho intramolecular Hbond substituents is 1. The number of barbiturate groups is 1. The van der Waals surface area contributed by atoms with E-state index in [0.29, 0.717) is 24.3 Å². The highest BCUT2D eigenvalue weighted by molar-refractivity contribution is 6.39. The third kappa shape index (κ3) is 3.95. The number of hydrogen-bond acceptors (Lipinski definition) is 5. The Morgan fingerprint density at radius 1 is 1.17 bits per heavy atom. The molecule has 150 valence electrons. The molecule has 0 atom stereocenters. The van der Waals surface area contributed by atoms with Crippen molar-refractivity contribution >= 4 is 41.2 Å². The van der Waals surface area contributed by atoms with Gasteiger partial charge in [-0.1, -0.05) is 36.7 Å². The predicted octanol–water partition coefficient (Wildman–Crippen LogP) is 3.67. The van der Waals surface area contributed by atoms with E-state index in [1.54, 1.807) is 19.1 Å². The lowest BCUT2D eigenvalue weighted by molar-refractivity contribution is -0.122. The van der Waals surface area contributed by atoms with Crippen LogP contribution in [0.5, 0.6) is 11.5 Å². The van der Waals surface area contributed by atoms with Gasteiger partial charge in [0.2, 0.25) is 0 Å². The molecule has 7 nitrogen and oxygen atoms in total. The minimum absolute atomic E-state index is 0.00993. The number of imide groups is 2. The van der Waals surface area contributed by atoms with Gasteiger partial charge in [-0.05, 0) is 48.7 Å². The molecule has 1 aliphatic heterocycles. The number of aryl methyl sites for hydroxylation is 1. The van der Waals surface area contributed by atoms with Crippen molar-refractivity contribution in [3.63, 3.8) is 0 Å². The minimum Gasteiger partial charge on any atom is -0.503 e. The summed E-state index contributed by atoms with van der Waals surface area (Å²) in [4.78, 5) is 38.7. The number of amides is 4. The molecule has 0 saturated carbocycles. The summed E-state index contributed by atoms with van der Waals surface area (Å²) in [5.41, 5.74) is 1.33. The lowest BCUT2D eigenvalue weighted by Gasteiger charge is -2.28. The number of rotatable bonds is 5. The molecular formula is C21H19ClN2O5. The number of benzene rings is 2. The molecule has 1 aliphatic rings. The van der Waals surface area contributed by atoms with Crippen LogP contribution in [0, 0.1) is 0 Å². The van der Waals surface area contributed by atoms with Gasteiger partial charge >= 0.3 is 6.03 Å². The number of carbonyl (C=O) groups is 3. The topological polar surface area (TPSA) is 95.9 Å². The van der Waals surface area contributed by atoms with Gasteiger partial charge in [-0.25, -0.2) is 9.69 Å². The van der Waals surface area contributed by atoms with Crippen LogP contribution in [0.4, 0.5) is 10.5 Å². The number of aromatic hydroxyl groups is 1. The monoisotopic (exact) mass is 414 g/mol. The second kappa shape index (κ2) is 8.36. The molecule has 0 radical (unpaired) electrons. The maximum atomic E-state index is 13.0. The fourth-order valence-electron chi connectivity index (χ4n) is 3.01. The Hall–Kier alpha value is -3.32. The average molecular weight is 415 g/mol. The smallest absolute Gasteiger partial charge is 0.335 e. The van der Waals surface area contributed by atoms with E-state index in [9.17, 15) is 19.5 Å². The van der Waals surface area contributed by atoms with Crippen molar-refractivity contribution in [3.05, 3.63) is 58.1 Å². The predicted molar refractivity (Wildman–Crippen MR) is 109 cm³/mol. The number of ether oxygens (including phenoxy) is 1. The number of para-hydroxylation sites is 1. The summed E-state index contributed by atoms with van der Waals surface area (Å²) in [7, 11) is 0. The summed E-state index contributed by atoms with van der Waals surface area (Å²) in [5, 5.41) is 12.2. The molecule has 29 heavy (non-hydrogen) atoms. The summed E-state index contributed by atoms with van der Waals surface area (Å²) >= 11 is 6.02. The highest BCUT2D eigenvalue weighted by Gasteiger charge is 2.37. The van der Waals surface area contributed by atoms with E-state index in [2.05, 4.69) is 5.32 Å². The molecule has 8 heteroatoms. The van der Waals surface area contributed by atoms with E-state index in [-0.39, 0.29) is 22.1 Å². The third-order valence-electron chi connectivity index (χ3n) is 4.38. The second-order valence-corrected chi connectivity index (χ2v) is 6.63. The molecule has 3 rings (SSSR count). The van der Waals surface area contributed by atoms with E-state index in [1.807, 2.05) is 19.1 Å². The molecule has 2 aromatic carbocycles. The van der Waals surface area contributed by atoms with Crippen LogP contribution < -0.4 is 15.0 Å². The van der Waals surface area contributed by atoms with E-state index in [1.165, 1.54) is 18.2 Å². The van der Waals surface area contributed by atoms with Crippen molar-refractivity contribution in [1.29, 1.82) is 0 Å². The first-order chi connectivity index (χ1) is 13.9. The van der Waals surface area contributed by atoms with E-state index >= 15 is 0 Å². The van der Waals surface area contributed by atoms with Gasteiger partial charge in [-0.2, -0.15) is 0 Å². The highest BCUT2D eigenvalue weighted by atomic mass is 35.5. The van der Waals surface area contributed by atoms with Crippen LogP contribution in [0.3, 0.4) is 0 Å². The van der Waals surface area contributed by atoms with Gasteiger partial charge in [-0.3, -0.25) is 14.9 Å². The lowest BCUT2D eigenvalue weighted by Crippen LogP contribution is -2.54. The van der Waals surface area contributed by atoms with Gasteiger partial charge in [0, 0.05) is 0 Å². The first kappa shape index (κ1) is 20.4. The molecule has 4 amide bonds. The fraction of sp³-hybridized carbons (Fsp3) is 0.190. The quantitative estimate of drug-likeness (QED) is 0.574. The molecule has 0 aliphatic carbocycles. The molecule has 0 unspecified atom stereocenters. The Bertz CT molecular complexity index is 1030. The lowest BCUT2D eigenvalue weighted by atomic mass is 10.0. The van der Waals surface area contributed by atoms with Gasteiger partial charge in [0.05, 0.1) is 17.3 Å². The Morgan fingerprint density at radius 3 is 2.59 bits per heavy atom. The van der Waals surface area contributed by atoms with Gasteiger partial charge in [-0.15, -0.1) is 0 Å². The van der Waals surface area contributed by atoms with Crippen molar-refractivity contribution in [1.82, 2.24) is 5.32 Å². The van der Waals surface area contributed by atoms with E-state index < -0.39 is 17.8 Å². The number of phenols is 1. The number of halogens is 1. The van der Waals surface area contributed by atoms with Crippen molar-refractivity contribution in [3.8, 4) is 11.5 Å². The van der Waals surface area contributed by atoms with Crippen molar-refractivity contribution in [2.75, 3.05) is 11.5 Å². The van der Waals surface area contributed by atoms with Crippen LogP contribution >= 0.6 is 11.6 Å². The first-order valence-electron chi connectivity index (χ1n) is 9.02. The number of nitrogens with zero attached hydrogens (tertiary/aromatic N) is 1. The van der Waals surface area contributed by atoms with Crippen molar-refractivity contribution < 1.29 is 24.2 Å². The van der Waals surface area contributed by atoms with Gasteiger partial charge in [0.1, 0.15) is 5.57 Å². The number of anilines is 1. The third-order valence-corrected chi connectivity index (χ3v) is 4.66. The van der Waals surface area contributed by atoms with Crippen molar-refractivity contribution in [2.24, 2.45) is 0 Å². The summed E-state index contributed by atoms with van der Waals surface area (Å²) in [5.74, 6) is -1.67. The van der Waals surface area contributed by atoms with Crippen LogP contribution in [0.15, 0.2) is 42.0 Å². The van der Waals surface area contributed by atoms with Crippen LogP contribution in [-0.4, -0.2) is 29.6 Å². The molecule has 1 fully saturated rings. The molecule has 0 bridgehead atoms. The van der Waals surface area contributed by atoms with Crippen LogP contribution in [-0.2, 0) is 16.0 Å². The van der Waals surface area contributed by atoms with Crippen LogP contribution in [0.2, 0.25) is 5.02 Å². The van der Waals surface area contributed by atoms with E-state index in [0.717, 1.165) is 10.5 Å². The number of carbonyl (C=O) groups excluding carboxylic acids is 3. The van der Waals surface area contributed by atoms with Gasteiger partial charge in [0.15, 0.2) is 11.5 Å². The largest absolute Gasteiger partial charge is 0.503 e. The molecule has 0 spiro atoms. The SMILES string of the molecule is CCOc1cc(C=C2C(=O)NC(=O)N(c3ccccc3CC)C2=O)cc(Cl)c1O. The first-order valence-corrected chi connectivity index (χ1v) is 9.39. The van der Waals surface area contributed by atoms with Gasteiger partial charge < -0.3 is 9.84 Å². The average Bonchev–Trinajstić information content (AvgIpc) is 2.69. The molecular weight excluding hydrogens is 396 g/mol. The molecule has 1 saturated heterocycles. The van der Waals surface area contributed by atoms with Crippen LogP contribution in [0.1, 0.15) is 25.0 Å². The zero-order chi connectivity index (χ0) is 21.1. The molecule has 2 N–H and O–H groups in total. The molecule has 1 heterocycles. The summed E-state index contributed by atoms with van der Waals surface area (Å²) in [6.45, 7) is 3.94. The Balaban J connectivity index is 2.06. The van der Waals surface area contributed by atoms with E-state index in [4.69, 9.17) is 16.3 Å². The maximum absolute atomic E-state index is 13.0. The van der Waals surface area contributed by atoms with Crippen molar-refractivity contribution in [2.45, 2.75) is 20.3 Å². The second-order valence-electron chi connectivity index (χ2n) is 6.22. The normalized spacial score (nSPS) is 15.6. The molecule has 0 aromatic heterocycles. The number of hydrogen-bond donors (Lipinski definition) is 2. The number of nitrogens with one attached hydrogen (secondary N) is 1. The molecule has 2 aromatic rings. The number of urea groups is 1. The summed E-state index contributed by atoms with van der Waals surface area (Å²) in [6, 6.07) is 9.02. The summed E-state index contributed by atoms with van der Waals surface area (Å²) in [6.07, 6.45) is 1.91. The fourth-order valence-corrected chi connectivity index (χ4v) is 3.23. The highest BCUT2D eigenvalue weighted by Crippen LogP contribution is 2.36.